The second-order valence-electron chi connectivity index (χ2n) is 7.10. The number of nitrogens with one attached hydrogen (secondary N) is 1. The Hall–Kier alpha value is -1.92. The van der Waals surface area contributed by atoms with Crippen LogP contribution in [0.25, 0.3) is 0 Å². The van der Waals surface area contributed by atoms with Gasteiger partial charge in [-0.25, -0.2) is 0 Å². The summed E-state index contributed by atoms with van der Waals surface area (Å²) in [5.74, 6) is -1.59. The van der Waals surface area contributed by atoms with E-state index in [2.05, 4.69) is 10.2 Å². The van der Waals surface area contributed by atoms with E-state index in [1.165, 1.54) is 0 Å². The second-order valence-corrected chi connectivity index (χ2v) is 7.10. The molecular weight excluding hydrogens is 308 g/mol. The van der Waals surface area contributed by atoms with Gasteiger partial charge in [-0.1, -0.05) is 24.3 Å². The maximum atomic E-state index is 11.7. The van der Waals surface area contributed by atoms with Gasteiger partial charge in [-0.2, -0.15) is 0 Å². The summed E-state index contributed by atoms with van der Waals surface area (Å²) in [5.41, 5.74) is 1.91. The molecule has 0 unspecified atom stereocenters. The summed E-state index contributed by atoms with van der Waals surface area (Å²) < 4.78 is 0. The molecular formula is C18H24N2O4. The molecule has 0 radical (unpaired) electrons. The van der Waals surface area contributed by atoms with Crippen LogP contribution >= 0.6 is 0 Å². The Kier molecular flexibility index (Phi) is 4.87. The Morgan fingerprint density at radius 3 is 2.33 bits per heavy atom. The monoisotopic (exact) mass is 332 g/mol. The topological polar surface area (TPSA) is 89.9 Å². The number of carboxylic acid groups (broad SMARTS) is 2. The number of nitrogens with zero attached hydrogens (tertiary/aromatic N) is 1. The molecule has 130 valence electrons. The maximum absolute atomic E-state index is 11.7. The predicted octanol–water partition coefficient (Wildman–Crippen LogP) is 1.34. The molecule has 1 aromatic carbocycles. The highest BCUT2D eigenvalue weighted by Gasteiger charge is 2.46. The van der Waals surface area contributed by atoms with Crippen molar-refractivity contribution in [1.82, 2.24) is 10.2 Å². The molecule has 6 nitrogen and oxygen atoms in total. The summed E-state index contributed by atoms with van der Waals surface area (Å²) in [6, 6.07) is 7.02. The molecule has 2 heterocycles. The zero-order chi connectivity index (χ0) is 17.2. The van der Waals surface area contributed by atoms with E-state index in [0.717, 1.165) is 50.0 Å². The highest BCUT2D eigenvalue weighted by Crippen LogP contribution is 2.42. The summed E-state index contributed by atoms with van der Waals surface area (Å²) in [5, 5.41) is 21.8. The molecule has 24 heavy (non-hydrogen) atoms. The molecule has 1 atom stereocenters. The minimum atomic E-state index is -0.846. The summed E-state index contributed by atoms with van der Waals surface area (Å²) in [6.07, 6.45) is 2.80. The molecule has 0 aliphatic carbocycles. The Morgan fingerprint density at radius 2 is 1.75 bits per heavy atom. The smallest absolute Gasteiger partial charge is 0.320 e. The summed E-state index contributed by atoms with van der Waals surface area (Å²) in [6.45, 7) is 3.34. The van der Waals surface area contributed by atoms with Crippen LogP contribution in [-0.4, -0.2) is 52.7 Å². The first-order chi connectivity index (χ1) is 11.5. The molecule has 0 aromatic heterocycles. The zero-order valence-corrected chi connectivity index (χ0v) is 13.7. The lowest BCUT2D eigenvalue weighted by atomic mass is 9.77. The Balaban J connectivity index is 1.70. The largest absolute Gasteiger partial charge is 0.481 e. The molecule has 6 heteroatoms. The van der Waals surface area contributed by atoms with E-state index in [-0.39, 0.29) is 11.8 Å². The molecule has 2 aliphatic heterocycles. The highest BCUT2D eigenvalue weighted by atomic mass is 16.4. The molecule has 3 N–H and O–H groups in total. The third-order valence-corrected chi connectivity index (χ3v) is 5.32. The van der Waals surface area contributed by atoms with Gasteiger partial charge in [-0.05, 0) is 48.9 Å². The van der Waals surface area contributed by atoms with E-state index in [1.54, 1.807) is 0 Å². The third kappa shape index (κ3) is 3.76. The number of carboxylic acids is 2. The van der Waals surface area contributed by atoms with Gasteiger partial charge < -0.3 is 15.5 Å². The number of carbonyl (C=O) groups is 2. The molecule has 1 spiro atoms. The Labute approximate surface area is 141 Å². The van der Waals surface area contributed by atoms with E-state index in [1.807, 2.05) is 24.3 Å². The van der Waals surface area contributed by atoms with Gasteiger partial charge in [-0.3, -0.25) is 14.5 Å². The van der Waals surface area contributed by atoms with Crippen LogP contribution in [0.4, 0.5) is 0 Å². The quantitative estimate of drug-likeness (QED) is 0.754. The number of rotatable bonds is 5. The van der Waals surface area contributed by atoms with E-state index in [9.17, 15) is 14.7 Å². The lowest BCUT2D eigenvalue weighted by molar-refractivity contribution is -0.142. The van der Waals surface area contributed by atoms with Crippen molar-refractivity contribution >= 4 is 11.9 Å². The average molecular weight is 332 g/mol. The van der Waals surface area contributed by atoms with Gasteiger partial charge in [0, 0.05) is 13.1 Å². The second kappa shape index (κ2) is 6.91. The molecule has 3 rings (SSSR count). The van der Waals surface area contributed by atoms with Crippen LogP contribution in [0.3, 0.4) is 0 Å². The van der Waals surface area contributed by atoms with Crippen molar-refractivity contribution in [2.24, 2.45) is 5.41 Å². The van der Waals surface area contributed by atoms with Gasteiger partial charge in [0.25, 0.3) is 0 Å². The number of hydrogen-bond donors (Lipinski definition) is 3. The van der Waals surface area contributed by atoms with Crippen molar-refractivity contribution in [2.45, 2.75) is 38.3 Å². The van der Waals surface area contributed by atoms with Crippen LogP contribution in [0.5, 0.6) is 0 Å². The van der Waals surface area contributed by atoms with Crippen LogP contribution in [0.2, 0.25) is 0 Å². The normalized spacial score (nSPS) is 23.4. The van der Waals surface area contributed by atoms with Gasteiger partial charge in [-0.15, -0.1) is 0 Å². The molecule has 0 saturated carbocycles. The number of hydrogen-bond acceptors (Lipinski definition) is 4. The van der Waals surface area contributed by atoms with Crippen LogP contribution in [0.1, 0.15) is 30.4 Å². The summed E-state index contributed by atoms with van der Waals surface area (Å²) >= 11 is 0. The SMILES string of the molecule is O=C(O)Cc1ccc(CN2CC3(CCNCC3)C[C@H]2C(=O)O)cc1. The van der Waals surface area contributed by atoms with Gasteiger partial charge in [0.1, 0.15) is 6.04 Å². The van der Waals surface area contributed by atoms with Crippen molar-refractivity contribution in [3.63, 3.8) is 0 Å². The molecule has 2 fully saturated rings. The van der Waals surface area contributed by atoms with Crippen molar-refractivity contribution in [2.75, 3.05) is 19.6 Å². The van der Waals surface area contributed by atoms with Crippen LogP contribution in [0, 0.1) is 5.41 Å². The molecule has 0 bridgehead atoms. The minimum absolute atomic E-state index is 0.0118. The van der Waals surface area contributed by atoms with E-state index in [0.29, 0.717) is 6.54 Å². The van der Waals surface area contributed by atoms with Crippen molar-refractivity contribution in [1.29, 1.82) is 0 Å². The molecule has 1 aromatic rings. The van der Waals surface area contributed by atoms with Crippen molar-refractivity contribution < 1.29 is 19.8 Å². The fraction of sp³-hybridized carbons (Fsp3) is 0.556. The lowest BCUT2D eigenvalue weighted by Crippen LogP contribution is -2.38. The van der Waals surface area contributed by atoms with E-state index < -0.39 is 18.0 Å². The van der Waals surface area contributed by atoms with Crippen molar-refractivity contribution in [3.8, 4) is 0 Å². The van der Waals surface area contributed by atoms with Gasteiger partial charge in [0.2, 0.25) is 0 Å². The lowest BCUT2D eigenvalue weighted by Gasteiger charge is -2.33. The number of aliphatic carboxylic acids is 2. The van der Waals surface area contributed by atoms with Gasteiger partial charge in [0.05, 0.1) is 6.42 Å². The van der Waals surface area contributed by atoms with E-state index in [4.69, 9.17) is 5.11 Å². The molecule has 2 aliphatic rings. The highest BCUT2D eigenvalue weighted by molar-refractivity contribution is 5.74. The fourth-order valence-electron chi connectivity index (χ4n) is 4.05. The molecule has 2 saturated heterocycles. The fourth-order valence-corrected chi connectivity index (χ4v) is 4.05. The van der Waals surface area contributed by atoms with Crippen LogP contribution in [0.15, 0.2) is 24.3 Å². The van der Waals surface area contributed by atoms with Crippen LogP contribution < -0.4 is 5.32 Å². The molecule has 0 amide bonds. The Bertz CT molecular complexity index is 608. The number of benzene rings is 1. The minimum Gasteiger partial charge on any atom is -0.481 e. The predicted molar refractivity (Wildman–Crippen MR) is 88.8 cm³/mol. The summed E-state index contributed by atoms with van der Waals surface area (Å²) in [7, 11) is 0. The maximum Gasteiger partial charge on any atom is 0.320 e. The zero-order valence-electron chi connectivity index (χ0n) is 13.7. The Morgan fingerprint density at radius 1 is 1.12 bits per heavy atom. The standard InChI is InChI=1S/C18H24N2O4/c21-16(22)9-13-1-3-14(4-2-13)11-20-12-18(5-7-19-8-6-18)10-15(20)17(23)24/h1-4,15,19H,5-12H2,(H,21,22)(H,23,24)/t15-/m0/s1. The number of likely N-dealkylation sites (tertiary alicyclic amines) is 1. The number of piperidine rings is 1. The van der Waals surface area contributed by atoms with Gasteiger partial charge >= 0.3 is 11.9 Å². The first-order valence-electron chi connectivity index (χ1n) is 8.45. The van der Waals surface area contributed by atoms with Gasteiger partial charge in [0.15, 0.2) is 0 Å². The van der Waals surface area contributed by atoms with Crippen LogP contribution in [-0.2, 0) is 22.6 Å². The third-order valence-electron chi connectivity index (χ3n) is 5.32. The first kappa shape index (κ1) is 16.9. The van der Waals surface area contributed by atoms with E-state index >= 15 is 0 Å². The average Bonchev–Trinajstić information content (AvgIpc) is 2.87. The van der Waals surface area contributed by atoms with Crippen molar-refractivity contribution in [3.05, 3.63) is 35.4 Å². The summed E-state index contributed by atoms with van der Waals surface area (Å²) in [4.78, 5) is 24.5. The first-order valence-corrected chi connectivity index (χ1v) is 8.45.